The maximum atomic E-state index is 13.5. The number of aliphatic carboxylic acids is 1. The quantitative estimate of drug-likeness (QED) is 0.558. The van der Waals surface area contributed by atoms with Crippen LogP contribution >= 0.6 is 0 Å². The van der Waals surface area contributed by atoms with E-state index < -0.39 is 23.6 Å². The molecule has 1 unspecified atom stereocenters. The predicted molar refractivity (Wildman–Crippen MR) is 117 cm³/mol. The third-order valence-corrected chi connectivity index (χ3v) is 5.75. The molecule has 33 heavy (non-hydrogen) atoms. The fourth-order valence-corrected chi connectivity index (χ4v) is 3.54. The predicted octanol–water partition coefficient (Wildman–Crippen LogP) is 5.26. The Morgan fingerprint density at radius 1 is 1.18 bits per heavy atom. The van der Waals surface area contributed by atoms with Crippen molar-refractivity contribution in [1.82, 2.24) is 10.2 Å². The molecule has 2 aromatic rings. The molecule has 0 bridgehead atoms. The SMILES string of the molecule is CCN(Cc1cc(C(F)(F)F)ccc1-c1cc(C(C)C(=O)O)ccc1OC)C(=O)NC1CC1. The number of nitrogens with zero attached hydrogens (tertiary/aromatic N) is 1. The van der Waals surface area contributed by atoms with Crippen molar-refractivity contribution in [3.8, 4) is 16.9 Å². The number of benzene rings is 2. The Morgan fingerprint density at radius 2 is 1.88 bits per heavy atom. The van der Waals surface area contributed by atoms with Crippen molar-refractivity contribution in [2.75, 3.05) is 13.7 Å². The number of ether oxygens (including phenoxy) is 1. The van der Waals surface area contributed by atoms with E-state index in [0.717, 1.165) is 25.0 Å². The maximum absolute atomic E-state index is 13.5. The zero-order valence-electron chi connectivity index (χ0n) is 18.7. The van der Waals surface area contributed by atoms with Gasteiger partial charge < -0.3 is 20.1 Å². The first-order valence-electron chi connectivity index (χ1n) is 10.7. The molecule has 1 aliphatic carbocycles. The molecule has 1 atom stereocenters. The third kappa shape index (κ3) is 5.77. The molecule has 0 spiro atoms. The molecular formula is C24H27F3N2O4. The van der Waals surface area contributed by atoms with Crippen molar-refractivity contribution in [2.24, 2.45) is 0 Å². The number of amides is 2. The fraction of sp³-hybridized carbons (Fsp3) is 0.417. The highest BCUT2D eigenvalue weighted by Crippen LogP contribution is 2.38. The molecule has 9 heteroatoms. The Labute approximate surface area is 190 Å². The number of rotatable bonds is 8. The summed E-state index contributed by atoms with van der Waals surface area (Å²) in [5, 5.41) is 12.2. The molecule has 0 saturated heterocycles. The average Bonchev–Trinajstić information content (AvgIpc) is 3.59. The lowest BCUT2D eigenvalue weighted by atomic mass is 9.92. The maximum Gasteiger partial charge on any atom is 0.416 e. The van der Waals surface area contributed by atoms with Crippen molar-refractivity contribution in [2.45, 2.75) is 51.4 Å². The smallest absolute Gasteiger partial charge is 0.416 e. The van der Waals surface area contributed by atoms with Gasteiger partial charge in [0.1, 0.15) is 5.75 Å². The Hall–Kier alpha value is -3.23. The van der Waals surface area contributed by atoms with Gasteiger partial charge in [-0.25, -0.2) is 4.79 Å². The van der Waals surface area contributed by atoms with Crippen LogP contribution in [-0.4, -0.2) is 41.7 Å². The normalized spacial score (nSPS) is 14.5. The molecule has 1 fully saturated rings. The zero-order chi connectivity index (χ0) is 24.3. The number of carbonyl (C=O) groups is 2. The van der Waals surface area contributed by atoms with Crippen LogP contribution in [0.1, 0.15) is 49.3 Å². The number of halogens is 3. The van der Waals surface area contributed by atoms with Crippen molar-refractivity contribution in [3.05, 3.63) is 53.1 Å². The number of hydrogen-bond donors (Lipinski definition) is 2. The number of hydrogen-bond acceptors (Lipinski definition) is 3. The molecule has 1 saturated carbocycles. The summed E-state index contributed by atoms with van der Waals surface area (Å²) in [7, 11) is 1.43. The molecule has 2 aromatic carbocycles. The van der Waals surface area contributed by atoms with Crippen LogP contribution < -0.4 is 10.1 Å². The molecule has 1 aliphatic rings. The monoisotopic (exact) mass is 464 g/mol. The highest BCUT2D eigenvalue weighted by Gasteiger charge is 2.32. The summed E-state index contributed by atoms with van der Waals surface area (Å²) < 4.78 is 45.9. The second-order valence-corrected chi connectivity index (χ2v) is 8.13. The van der Waals surface area contributed by atoms with Gasteiger partial charge in [-0.1, -0.05) is 12.1 Å². The van der Waals surface area contributed by atoms with Crippen molar-refractivity contribution >= 4 is 12.0 Å². The van der Waals surface area contributed by atoms with Gasteiger partial charge in [0.25, 0.3) is 0 Å². The van der Waals surface area contributed by atoms with E-state index in [2.05, 4.69) is 5.32 Å². The Kier molecular flexibility index (Phi) is 7.19. The van der Waals surface area contributed by atoms with Gasteiger partial charge in [-0.05, 0) is 67.6 Å². The summed E-state index contributed by atoms with van der Waals surface area (Å²) in [5.41, 5.74) is 0.857. The van der Waals surface area contributed by atoms with Crippen LogP contribution in [0.4, 0.5) is 18.0 Å². The topological polar surface area (TPSA) is 78.9 Å². The molecule has 178 valence electrons. The van der Waals surface area contributed by atoms with Gasteiger partial charge in [0.15, 0.2) is 0 Å². The second kappa shape index (κ2) is 9.72. The van der Waals surface area contributed by atoms with Crippen molar-refractivity contribution < 1.29 is 32.6 Å². The number of carboxylic acids is 1. The largest absolute Gasteiger partial charge is 0.496 e. The lowest BCUT2D eigenvalue weighted by molar-refractivity contribution is -0.139. The molecule has 6 nitrogen and oxygen atoms in total. The summed E-state index contributed by atoms with van der Waals surface area (Å²) in [4.78, 5) is 25.5. The number of methoxy groups -OCH3 is 1. The Morgan fingerprint density at radius 3 is 2.42 bits per heavy atom. The Bertz CT molecular complexity index is 1030. The van der Waals surface area contributed by atoms with Crippen molar-refractivity contribution in [1.29, 1.82) is 0 Å². The van der Waals surface area contributed by atoms with E-state index >= 15 is 0 Å². The highest BCUT2D eigenvalue weighted by atomic mass is 19.4. The van der Waals surface area contributed by atoms with Crippen LogP contribution in [0.25, 0.3) is 11.1 Å². The number of alkyl halides is 3. The van der Waals surface area contributed by atoms with E-state index in [1.165, 1.54) is 25.0 Å². The molecule has 3 rings (SSSR count). The number of urea groups is 1. The first kappa shape index (κ1) is 24.4. The molecule has 0 radical (unpaired) electrons. The van der Waals surface area contributed by atoms with E-state index in [9.17, 15) is 27.9 Å². The third-order valence-electron chi connectivity index (χ3n) is 5.75. The summed E-state index contributed by atoms with van der Waals surface area (Å²) in [6, 6.07) is 7.98. The van der Waals surface area contributed by atoms with Gasteiger partial charge in [0.2, 0.25) is 0 Å². The molecule has 2 N–H and O–H groups in total. The molecular weight excluding hydrogens is 437 g/mol. The highest BCUT2D eigenvalue weighted by molar-refractivity contribution is 5.80. The van der Waals surface area contributed by atoms with Crippen LogP contribution in [-0.2, 0) is 17.5 Å². The molecule has 0 heterocycles. The van der Waals surface area contributed by atoms with Crippen LogP contribution in [0.2, 0.25) is 0 Å². The first-order valence-corrected chi connectivity index (χ1v) is 10.7. The lowest BCUT2D eigenvalue weighted by Crippen LogP contribution is -2.40. The van der Waals surface area contributed by atoms with E-state index in [1.807, 2.05) is 0 Å². The van der Waals surface area contributed by atoms with E-state index in [1.54, 1.807) is 25.1 Å². The minimum atomic E-state index is -4.55. The number of carbonyl (C=O) groups excluding carboxylic acids is 1. The standard InChI is InChI=1S/C24H27F3N2O4/c1-4-29(23(32)28-18-7-8-18)13-16-11-17(24(25,26)27)6-9-19(16)20-12-15(14(2)22(30)31)5-10-21(20)33-3/h5-6,9-12,14,18H,4,7-8,13H2,1-3H3,(H,28,32)(H,30,31). The minimum absolute atomic E-state index is 0.0455. The summed E-state index contributed by atoms with van der Waals surface area (Å²) in [6.07, 6.45) is -2.77. The van der Waals surface area contributed by atoms with Crippen LogP contribution in [0, 0.1) is 0 Å². The van der Waals surface area contributed by atoms with Gasteiger partial charge in [-0.2, -0.15) is 13.2 Å². The van der Waals surface area contributed by atoms with Gasteiger partial charge in [0.05, 0.1) is 18.6 Å². The first-order chi connectivity index (χ1) is 15.5. The van der Waals surface area contributed by atoms with Gasteiger partial charge in [-0.3, -0.25) is 4.79 Å². The molecule has 0 aliphatic heterocycles. The summed E-state index contributed by atoms with van der Waals surface area (Å²) >= 11 is 0. The summed E-state index contributed by atoms with van der Waals surface area (Å²) in [5.74, 6) is -1.44. The van der Waals surface area contributed by atoms with E-state index in [0.29, 0.717) is 29.0 Å². The van der Waals surface area contributed by atoms with Gasteiger partial charge in [-0.15, -0.1) is 0 Å². The van der Waals surface area contributed by atoms with Crippen molar-refractivity contribution in [3.63, 3.8) is 0 Å². The molecule has 2 amide bonds. The number of carboxylic acid groups (broad SMARTS) is 1. The molecule has 0 aromatic heterocycles. The minimum Gasteiger partial charge on any atom is -0.496 e. The van der Waals surface area contributed by atoms with E-state index in [4.69, 9.17) is 4.74 Å². The number of nitrogens with one attached hydrogen (secondary N) is 1. The second-order valence-electron chi connectivity index (χ2n) is 8.13. The van der Waals surface area contributed by atoms with Gasteiger partial charge >= 0.3 is 18.2 Å². The Balaban J connectivity index is 2.10. The lowest BCUT2D eigenvalue weighted by Gasteiger charge is -2.24. The van der Waals surface area contributed by atoms with Crippen LogP contribution in [0.3, 0.4) is 0 Å². The van der Waals surface area contributed by atoms with E-state index in [-0.39, 0.29) is 24.2 Å². The fourth-order valence-electron chi connectivity index (χ4n) is 3.54. The zero-order valence-corrected chi connectivity index (χ0v) is 18.7. The van der Waals surface area contributed by atoms with Gasteiger partial charge in [0, 0.05) is 24.7 Å². The van der Waals surface area contributed by atoms with Crippen LogP contribution in [0.5, 0.6) is 5.75 Å². The van der Waals surface area contributed by atoms with Crippen LogP contribution in [0.15, 0.2) is 36.4 Å². The summed E-state index contributed by atoms with van der Waals surface area (Å²) in [6.45, 7) is 3.55. The average molecular weight is 464 g/mol.